The van der Waals surface area contributed by atoms with Crippen LogP contribution in [0.4, 0.5) is 17.6 Å². The third-order valence-electron chi connectivity index (χ3n) is 4.65. The summed E-state index contributed by atoms with van der Waals surface area (Å²) in [6, 6.07) is 13.1. The van der Waals surface area contributed by atoms with Crippen LogP contribution >= 0.6 is 0 Å². The third-order valence-corrected chi connectivity index (χ3v) is 4.65. The summed E-state index contributed by atoms with van der Waals surface area (Å²) < 4.78 is 16.0. The number of para-hydroxylation sites is 1. The average Bonchev–Trinajstić information content (AvgIpc) is 3.15. The Morgan fingerprint density at radius 2 is 2.00 bits per heavy atom. The average molecular weight is 419 g/mol. The Kier molecular flexibility index (Phi) is 5.65. The molecule has 158 valence electrons. The number of nitrogen functional groups attached to an aromatic ring is 1. The number of anilines is 3. The summed E-state index contributed by atoms with van der Waals surface area (Å²) in [5.41, 5.74) is 9.02. The number of carbonyl (C=O) groups is 1. The number of hydrogen-bond donors (Lipinski definition) is 2. The Hall–Kier alpha value is -4.14. The fourth-order valence-corrected chi connectivity index (χ4v) is 3.07. The summed E-state index contributed by atoms with van der Waals surface area (Å²) in [4.78, 5) is 24.8. The van der Waals surface area contributed by atoms with Crippen molar-refractivity contribution in [3.05, 3.63) is 65.7 Å². The van der Waals surface area contributed by atoms with Crippen LogP contribution in [0.1, 0.15) is 17.0 Å². The Balaban J connectivity index is 1.41. The molecule has 0 amide bonds. The van der Waals surface area contributed by atoms with Crippen LogP contribution in [0.5, 0.6) is 5.75 Å². The van der Waals surface area contributed by atoms with Gasteiger partial charge in [-0.25, -0.2) is 0 Å². The van der Waals surface area contributed by atoms with Gasteiger partial charge in [-0.1, -0.05) is 18.2 Å². The number of rotatable bonds is 7. The Morgan fingerprint density at radius 3 is 2.81 bits per heavy atom. The van der Waals surface area contributed by atoms with Gasteiger partial charge in [-0.3, -0.25) is 4.79 Å². The first-order valence-electron chi connectivity index (χ1n) is 9.54. The lowest BCUT2D eigenvalue weighted by molar-refractivity contribution is -0.144. The molecular weight excluding hydrogens is 398 g/mol. The standard InChI is InChI=1S/C22H21N5O4/c1-13-5-3-4-6-17(13)24-22-26-19(25-21(23)27-22)12-31-20(28)9-14-11-30-18-10-15(29-2)7-8-16(14)18/h3-8,10-11H,9,12H2,1-2H3,(H3,23,24,25,26,27). The molecule has 0 aliphatic rings. The van der Waals surface area contributed by atoms with Crippen molar-refractivity contribution in [2.45, 2.75) is 20.0 Å². The predicted octanol–water partition coefficient (Wildman–Crippen LogP) is 3.55. The molecule has 0 bridgehead atoms. The maximum atomic E-state index is 12.3. The summed E-state index contributed by atoms with van der Waals surface area (Å²) in [6.07, 6.45) is 1.59. The zero-order valence-corrected chi connectivity index (χ0v) is 17.1. The van der Waals surface area contributed by atoms with E-state index in [0.29, 0.717) is 11.3 Å². The summed E-state index contributed by atoms with van der Waals surface area (Å²) in [7, 11) is 1.58. The van der Waals surface area contributed by atoms with Gasteiger partial charge in [0.1, 0.15) is 11.3 Å². The lowest BCUT2D eigenvalue weighted by Crippen LogP contribution is -2.12. The van der Waals surface area contributed by atoms with Crippen LogP contribution in [-0.2, 0) is 22.6 Å². The summed E-state index contributed by atoms with van der Waals surface area (Å²) in [5, 5.41) is 3.93. The molecule has 2 heterocycles. The SMILES string of the molecule is COc1ccc2c(CC(=O)OCc3nc(N)nc(Nc4ccccc4C)n3)coc2c1. The molecule has 0 aliphatic heterocycles. The van der Waals surface area contributed by atoms with Crippen molar-refractivity contribution in [2.75, 3.05) is 18.2 Å². The van der Waals surface area contributed by atoms with Gasteiger partial charge in [-0.2, -0.15) is 15.0 Å². The van der Waals surface area contributed by atoms with Crippen LogP contribution in [0, 0.1) is 6.92 Å². The summed E-state index contributed by atoms with van der Waals surface area (Å²) >= 11 is 0. The van der Waals surface area contributed by atoms with Crippen molar-refractivity contribution >= 4 is 34.5 Å². The van der Waals surface area contributed by atoms with E-state index in [-0.39, 0.29) is 30.7 Å². The van der Waals surface area contributed by atoms with Crippen molar-refractivity contribution in [1.29, 1.82) is 0 Å². The predicted molar refractivity (Wildman–Crippen MR) is 115 cm³/mol. The van der Waals surface area contributed by atoms with Gasteiger partial charge < -0.3 is 24.9 Å². The number of hydrogen-bond acceptors (Lipinski definition) is 9. The van der Waals surface area contributed by atoms with Crippen LogP contribution < -0.4 is 15.8 Å². The second-order valence-electron chi connectivity index (χ2n) is 6.83. The topological polar surface area (TPSA) is 125 Å². The number of nitrogens with zero attached hydrogens (tertiary/aromatic N) is 3. The molecule has 0 radical (unpaired) electrons. The number of nitrogens with two attached hydrogens (primary N) is 1. The minimum absolute atomic E-state index is 0.0342. The Bertz CT molecular complexity index is 1240. The zero-order valence-electron chi connectivity index (χ0n) is 17.1. The van der Waals surface area contributed by atoms with Crippen molar-refractivity contribution < 1.29 is 18.7 Å². The molecule has 0 spiro atoms. The number of aromatic nitrogens is 3. The number of fused-ring (bicyclic) bond motifs is 1. The molecule has 0 fully saturated rings. The third kappa shape index (κ3) is 4.72. The highest BCUT2D eigenvalue weighted by molar-refractivity contribution is 5.86. The minimum atomic E-state index is -0.439. The number of methoxy groups -OCH3 is 1. The molecule has 31 heavy (non-hydrogen) atoms. The van der Waals surface area contributed by atoms with Crippen LogP contribution in [0.3, 0.4) is 0 Å². The quantitative estimate of drug-likeness (QED) is 0.433. The van der Waals surface area contributed by atoms with Gasteiger partial charge in [-0.15, -0.1) is 0 Å². The van der Waals surface area contributed by atoms with Gasteiger partial charge in [0.05, 0.1) is 19.8 Å². The molecule has 0 atom stereocenters. The molecule has 0 unspecified atom stereocenters. The molecule has 4 rings (SSSR count). The molecular formula is C22H21N5O4. The molecule has 2 aromatic carbocycles. The number of ether oxygens (including phenoxy) is 2. The van der Waals surface area contributed by atoms with E-state index in [1.807, 2.05) is 43.3 Å². The lowest BCUT2D eigenvalue weighted by atomic mass is 10.1. The fourth-order valence-electron chi connectivity index (χ4n) is 3.07. The van der Waals surface area contributed by atoms with E-state index in [9.17, 15) is 4.79 Å². The van der Waals surface area contributed by atoms with E-state index in [0.717, 1.165) is 22.2 Å². The smallest absolute Gasteiger partial charge is 0.310 e. The minimum Gasteiger partial charge on any atom is -0.497 e. The monoisotopic (exact) mass is 419 g/mol. The van der Waals surface area contributed by atoms with Crippen molar-refractivity contribution in [3.8, 4) is 5.75 Å². The highest BCUT2D eigenvalue weighted by atomic mass is 16.5. The number of esters is 1. The number of benzene rings is 2. The molecule has 4 aromatic rings. The first-order valence-corrected chi connectivity index (χ1v) is 9.54. The number of carbonyl (C=O) groups excluding carboxylic acids is 1. The summed E-state index contributed by atoms with van der Waals surface area (Å²) in [6.45, 7) is 1.84. The maximum Gasteiger partial charge on any atom is 0.310 e. The maximum absolute atomic E-state index is 12.3. The van der Waals surface area contributed by atoms with Gasteiger partial charge in [0, 0.05) is 22.7 Å². The molecule has 9 heteroatoms. The van der Waals surface area contributed by atoms with Gasteiger partial charge >= 0.3 is 5.97 Å². The van der Waals surface area contributed by atoms with E-state index in [1.165, 1.54) is 6.26 Å². The highest BCUT2D eigenvalue weighted by Crippen LogP contribution is 2.26. The second-order valence-corrected chi connectivity index (χ2v) is 6.83. The van der Waals surface area contributed by atoms with Crippen molar-refractivity contribution in [2.24, 2.45) is 0 Å². The normalized spacial score (nSPS) is 10.8. The Morgan fingerprint density at radius 1 is 1.16 bits per heavy atom. The zero-order chi connectivity index (χ0) is 21.8. The lowest BCUT2D eigenvalue weighted by Gasteiger charge is -2.09. The van der Waals surface area contributed by atoms with Gasteiger partial charge in [0.2, 0.25) is 11.9 Å². The fraction of sp³-hybridized carbons (Fsp3) is 0.182. The van der Waals surface area contributed by atoms with Gasteiger partial charge in [0.15, 0.2) is 12.4 Å². The second kappa shape index (κ2) is 8.70. The first-order chi connectivity index (χ1) is 15.0. The van der Waals surface area contributed by atoms with Gasteiger partial charge in [0.25, 0.3) is 0 Å². The number of aryl methyl sites for hydroxylation is 1. The Labute approximate surface area is 178 Å². The molecule has 0 saturated heterocycles. The first kappa shape index (κ1) is 20.1. The van der Waals surface area contributed by atoms with E-state index in [4.69, 9.17) is 19.6 Å². The van der Waals surface area contributed by atoms with Crippen LogP contribution in [-0.4, -0.2) is 28.0 Å². The summed E-state index contributed by atoms with van der Waals surface area (Å²) in [5.74, 6) is 0.803. The van der Waals surface area contributed by atoms with E-state index in [1.54, 1.807) is 13.2 Å². The van der Waals surface area contributed by atoms with E-state index >= 15 is 0 Å². The highest BCUT2D eigenvalue weighted by Gasteiger charge is 2.14. The van der Waals surface area contributed by atoms with Gasteiger partial charge in [-0.05, 0) is 30.7 Å². The number of nitrogens with one attached hydrogen (secondary N) is 1. The molecule has 0 saturated carbocycles. The van der Waals surface area contributed by atoms with Crippen molar-refractivity contribution in [1.82, 2.24) is 15.0 Å². The van der Waals surface area contributed by atoms with Crippen LogP contribution in [0.2, 0.25) is 0 Å². The largest absolute Gasteiger partial charge is 0.497 e. The molecule has 2 aromatic heterocycles. The molecule has 9 nitrogen and oxygen atoms in total. The van der Waals surface area contributed by atoms with Crippen LogP contribution in [0.25, 0.3) is 11.0 Å². The van der Waals surface area contributed by atoms with E-state index in [2.05, 4.69) is 20.3 Å². The van der Waals surface area contributed by atoms with E-state index < -0.39 is 5.97 Å². The van der Waals surface area contributed by atoms with Crippen LogP contribution in [0.15, 0.2) is 53.1 Å². The van der Waals surface area contributed by atoms with Crippen molar-refractivity contribution in [3.63, 3.8) is 0 Å². The molecule has 0 aliphatic carbocycles. The molecule has 3 N–H and O–H groups in total. The number of furan rings is 1.